The van der Waals surface area contributed by atoms with E-state index < -0.39 is 4.92 Å². The molecular formula is C12H11BrN4O3. The molecule has 20 heavy (non-hydrogen) atoms. The highest BCUT2D eigenvalue weighted by Crippen LogP contribution is 2.36. The molecule has 2 aromatic rings. The second-order valence-electron chi connectivity index (χ2n) is 3.94. The van der Waals surface area contributed by atoms with Crippen molar-refractivity contribution in [2.24, 2.45) is 5.84 Å². The number of nitrogen functional groups attached to an aromatic ring is 1. The minimum Gasteiger partial charge on any atom is -0.431 e. The number of aryl methyl sites for hydroxylation is 1. The monoisotopic (exact) mass is 338 g/mol. The highest BCUT2D eigenvalue weighted by Gasteiger charge is 2.20. The number of benzene rings is 1. The van der Waals surface area contributed by atoms with E-state index in [4.69, 9.17) is 10.6 Å². The lowest BCUT2D eigenvalue weighted by atomic mass is 10.2. The molecule has 1 aromatic heterocycles. The first-order valence-corrected chi connectivity index (χ1v) is 6.36. The van der Waals surface area contributed by atoms with Gasteiger partial charge in [0.2, 0.25) is 11.6 Å². The van der Waals surface area contributed by atoms with Gasteiger partial charge in [0.15, 0.2) is 0 Å². The standard InChI is InChI=1S/C12H11BrN4O3/c1-7-5-8(13)6-9(17(18)19)12(7)20-11-4-2-3-10(15-11)16-14/h2-6H,14H2,1H3,(H,15,16). The van der Waals surface area contributed by atoms with E-state index in [2.05, 4.69) is 26.3 Å². The fourth-order valence-corrected chi connectivity index (χ4v) is 2.20. The van der Waals surface area contributed by atoms with Crippen LogP contribution in [0.5, 0.6) is 11.6 Å². The molecule has 0 aliphatic rings. The lowest BCUT2D eigenvalue weighted by molar-refractivity contribution is -0.385. The Labute approximate surface area is 123 Å². The first-order chi connectivity index (χ1) is 9.51. The van der Waals surface area contributed by atoms with Crippen LogP contribution in [0.3, 0.4) is 0 Å². The summed E-state index contributed by atoms with van der Waals surface area (Å²) in [4.78, 5) is 14.6. The smallest absolute Gasteiger partial charge is 0.313 e. The van der Waals surface area contributed by atoms with Crippen LogP contribution in [0.25, 0.3) is 0 Å². The Balaban J connectivity index is 2.44. The number of nitrogens with one attached hydrogen (secondary N) is 1. The van der Waals surface area contributed by atoms with Crippen LogP contribution in [-0.2, 0) is 0 Å². The molecule has 0 saturated carbocycles. The Bertz CT molecular complexity index is 663. The van der Waals surface area contributed by atoms with Crippen LogP contribution < -0.4 is 16.0 Å². The number of nitro benzene ring substituents is 1. The third-order valence-electron chi connectivity index (χ3n) is 2.49. The van der Waals surface area contributed by atoms with Crippen molar-refractivity contribution in [3.63, 3.8) is 0 Å². The van der Waals surface area contributed by atoms with Crippen molar-refractivity contribution in [1.82, 2.24) is 4.98 Å². The predicted octanol–water partition coefficient (Wildman–Crippen LogP) is 3.14. The van der Waals surface area contributed by atoms with Crippen LogP contribution in [0.15, 0.2) is 34.8 Å². The molecular weight excluding hydrogens is 328 g/mol. The van der Waals surface area contributed by atoms with Gasteiger partial charge in [0.1, 0.15) is 5.82 Å². The van der Waals surface area contributed by atoms with Gasteiger partial charge in [-0.3, -0.25) is 10.1 Å². The molecule has 0 aliphatic carbocycles. The highest BCUT2D eigenvalue weighted by atomic mass is 79.9. The third kappa shape index (κ3) is 3.03. The van der Waals surface area contributed by atoms with Crippen LogP contribution in [0, 0.1) is 17.0 Å². The minimum absolute atomic E-state index is 0.134. The van der Waals surface area contributed by atoms with Crippen LogP contribution >= 0.6 is 15.9 Å². The van der Waals surface area contributed by atoms with E-state index in [1.807, 2.05) is 0 Å². The van der Waals surface area contributed by atoms with Crippen LogP contribution in [-0.4, -0.2) is 9.91 Å². The van der Waals surface area contributed by atoms with Crippen molar-refractivity contribution in [3.8, 4) is 11.6 Å². The van der Waals surface area contributed by atoms with Gasteiger partial charge in [0.05, 0.1) is 4.92 Å². The molecule has 104 valence electrons. The maximum absolute atomic E-state index is 11.1. The summed E-state index contributed by atoms with van der Waals surface area (Å²) in [5, 5.41) is 11.1. The number of nitro groups is 1. The summed E-state index contributed by atoms with van der Waals surface area (Å²) in [6.07, 6.45) is 0. The zero-order chi connectivity index (χ0) is 14.7. The molecule has 8 heteroatoms. The summed E-state index contributed by atoms with van der Waals surface area (Å²) in [6.45, 7) is 1.72. The van der Waals surface area contributed by atoms with Gasteiger partial charge in [0.25, 0.3) is 0 Å². The summed E-state index contributed by atoms with van der Waals surface area (Å²) in [5.74, 6) is 6.03. The van der Waals surface area contributed by atoms with E-state index in [1.165, 1.54) is 6.07 Å². The zero-order valence-electron chi connectivity index (χ0n) is 10.5. The van der Waals surface area contributed by atoms with Gasteiger partial charge < -0.3 is 10.2 Å². The van der Waals surface area contributed by atoms with Crippen molar-refractivity contribution in [2.75, 3.05) is 5.43 Å². The molecule has 0 bridgehead atoms. The largest absolute Gasteiger partial charge is 0.431 e. The molecule has 0 saturated heterocycles. The molecule has 0 radical (unpaired) electrons. The number of nitrogens with zero attached hydrogens (tertiary/aromatic N) is 2. The second-order valence-corrected chi connectivity index (χ2v) is 4.85. The molecule has 3 N–H and O–H groups in total. The van der Waals surface area contributed by atoms with Crippen molar-refractivity contribution >= 4 is 27.4 Å². The molecule has 2 rings (SSSR count). The Kier molecular flexibility index (Phi) is 4.16. The van der Waals surface area contributed by atoms with Crippen molar-refractivity contribution in [2.45, 2.75) is 6.92 Å². The predicted molar refractivity (Wildman–Crippen MR) is 77.7 cm³/mol. The number of hydrogen-bond donors (Lipinski definition) is 2. The lowest BCUT2D eigenvalue weighted by Crippen LogP contribution is -2.08. The van der Waals surface area contributed by atoms with E-state index in [-0.39, 0.29) is 17.3 Å². The second kappa shape index (κ2) is 5.85. The molecule has 0 aliphatic heterocycles. The maximum Gasteiger partial charge on any atom is 0.313 e. The van der Waals surface area contributed by atoms with Crippen molar-refractivity contribution in [1.29, 1.82) is 0 Å². The summed E-state index contributed by atoms with van der Waals surface area (Å²) >= 11 is 3.22. The van der Waals surface area contributed by atoms with E-state index in [0.29, 0.717) is 15.9 Å². The van der Waals surface area contributed by atoms with Gasteiger partial charge in [-0.05, 0) is 19.1 Å². The van der Waals surface area contributed by atoms with E-state index in [9.17, 15) is 10.1 Å². The average Bonchev–Trinajstić information content (AvgIpc) is 2.41. The van der Waals surface area contributed by atoms with Gasteiger partial charge >= 0.3 is 5.69 Å². The molecule has 0 spiro atoms. The van der Waals surface area contributed by atoms with Crippen LogP contribution in [0.1, 0.15) is 5.56 Å². The number of hydrogen-bond acceptors (Lipinski definition) is 6. The van der Waals surface area contributed by atoms with Crippen LogP contribution in [0.2, 0.25) is 0 Å². The summed E-state index contributed by atoms with van der Waals surface area (Å²) in [5.41, 5.74) is 2.87. The molecule has 1 aromatic carbocycles. The molecule has 0 amide bonds. The van der Waals surface area contributed by atoms with Gasteiger partial charge in [-0.2, -0.15) is 4.98 Å². The van der Waals surface area contributed by atoms with Gasteiger partial charge in [-0.1, -0.05) is 22.0 Å². The van der Waals surface area contributed by atoms with Gasteiger partial charge in [-0.15, -0.1) is 0 Å². The number of rotatable bonds is 4. The summed E-state index contributed by atoms with van der Waals surface area (Å²) in [7, 11) is 0. The van der Waals surface area contributed by atoms with E-state index >= 15 is 0 Å². The highest BCUT2D eigenvalue weighted by molar-refractivity contribution is 9.10. The number of pyridine rings is 1. The number of aromatic nitrogens is 1. The van der Waals surface area contributed by atoms with E-state index in [0.717, 1.165) is 0 Å². The Hall–Kier alpha value is -2.19. The van der Waals surface area contributed by atoms with Gasteiger partial charge in [0, 0.05) is 22.2 Å². The third-order valence-corrected chi connectivity index (χ3v) is 2.95. The Morgan fingerprint density at radius 3 is 2.85 bits per heavy atom. The zero-order valence-corrected chi connectivity index (χ0v) is 12.0. The van der Waals surface area contributed by atoms with Crippen molar-refractivity contribution < 1.29 is 9.66 Å². The average molecular weight is 339 g/mol. The van der Waals surface area contributed by atoms with Crippen molar-refractivity contribution in [3.05, 3.63) is 50.5 Å². The Morgan fingerprint density at radius 1 is 1.45 bits per heavy atom. The van der Waals surface area contributed by atoms with Gasteiger partial charge in [-0.25, -0.2) is 5.84 Å². The fourth-order valence-electron chi connectivity index (χ4n) is 1.64. The normalized spacial score (nSPS) is 10.2. The molecule has 0 unspecified atom stereocenters. The molecule has 1 heterocycles. The minimum atomic E-state index is -0.502. The van der Waals surface area contributed by atoms with E-state index in [1.54, 1.807) is 31.2 Å². The summed E-state index contributed by atoms with van der Waals surface area (Å²) in [6, 6.07) is 8.03. The first kappa shape index (κ1) is 14.2. The Morgan fingerprint density at radius 2 is 2.20 bits per heavy atom. The first-order valence-electron chi connectivity index (χ1n) is 5.57. The molecule has 0 atom stereocenters. The number of anilines is 1. The number of halogens is 1. The summed E-state index contributed by atoms with van der Waals surface area (Å²) < 4.78 is 6.14. The molecule has 7 nitrogen and oxygen atoms in total. The quantitative estimate of drug-likeness (QED) is 0.504. The van der Waals surface area contributed by atoms with Crippen LogP contribution in [0.4, 0.5) is 11.5 Å². The number of nitrogens with two attached hydrogens (primary N) is 1. The molecule has 0 fully saturated rings. The SMILES string of the molecule is Cc1cc(Br)cc([N+](=O)[O-])c1Oc1cccc(NN)n1. The topological polar surface area (TPSA) is 103 Å². The number of ether oxygens (including phenoxy) is 1. The lowest BCUT2D eigenvalue weighted by Gasteiger charge is -2.09. The fraction of sp³-hybridized carbons (Fsp3) is 0.0833. The maximum atomic E-state index is 11.1. The number of hydrazine groups is 1.